The Morgan fingerprint density at radius 2 is 2.00 bits per heavy atom. The summed E-state index contributed by atoms with van der Waals surface area (Å²) in [4.78, 5) is 12.8. The summed E-state index contributed by atoms with van der Waals surface area (Å²) in [6.07, 6.45) is 0. The van der Waals surface area contributed by atoms with Gasteiger partial charge >= 0.3 is 0 Å². The number of rotatable bonds is 8. The van der Waals surface area contributed by atoms with Gasteiger partial charge < -0.3 is 10.1 Å². The number of nitrogens with zero attached hydrogens (tertiary/aromatic N) is 4. The van der Waals surface area contributed by atoms with Gasteiger partial charge in [0.05, 0.1) is 23.1 Å². The van der Waals surface area contributed by atoms with Gasteiger partial charge in [-0.25, -0.2) is 4.39 Å². The summed E-state index contributed by atoms with van der Waals surface area (Å²) in [5, 5.41) is 22.5. The number of carbonyl (C=O) groups excluding carboxylic acids is 1. The topological polar surface area (TPSA) is 92.8 Å². The van der Waals surface area contributed by atoms with Crippen LogP contribution in [0.5, 0.6) is 5.75 Å². The second-order valence-electron chi connectivity index (χ2n) is 7.07. The number of ether oxygens (including phenoxy) is 1. The molecule has 0 aliphatic rings. The van der Waals surface area contributed by atoms with Crippen LogP contribution in [0.4, 0.5) is 9.39 Å². The molecule has 4 rings (SSSR count). The highest BCUT2D eigenvalue weighted by Gasteiger charge is 2.24. The van der Waals surface area contributed by atoms with Gasteiger partial charge in [-0.05, 0) is 61.7 Å². The summed E-state index contributed by atoms with van der Waals surface area (Å²) in [6.45, 7) is 4.17. The first-order valence-corrected chi connectivity index (χ1v) is 12.2. The number of aromatic nitrogens is 3. The molecule has 1 amide bonds. The van der Waals surface area contributed by atoms with Gasteiger partial charge in [0.15, 0.2) is 11.0 Å². The van der Waals surface area contributed by atoms with Crippen molar-refractivity contribution in [3.05, 3.63) is 71.4 Å². The van der Waals surface area contributed by atoms with Crippen LogP contribution in [0.15, 0.2) is 65.1 Å². The molecule has 0 saturated carbocycles. The summed E-state index contributed by atoms with van der Waals surface area (Å²) in [5.41, 5.74) is 1.40. The largest absolute Gasteiger partial charge is 0.494 e. The number of carbonyl (C=O) groups is 1. The summed E-state index contributed by atoms with van der Waals surface area (Å²) >= 11 is 2.43. The van der Waals surface area contributed by atoms with Gasteiger partial charge in [0.1, 0.15) is 22.6 Å². The van der Waals surface area contributed by atoms with Crippen molar-refractivity contribution in [2.45, 2.75) is 24.3 Å². The van der Waals surface area contributed by atoms with E-state index in [1.807, 2.05) is 31.2 Å². The Labute approximate surface area is 204 Å². The molecule has 0 saturated heterocycles. The Kier molecular flexibility index (Phi) is 7.25. The SMILES string of the molecule is CCOc1ccc(-c2nnc(SC(C)C(=O)Nc3sccc3C#N)n2-c2ccccc2F)cc1. The molecular weight excluding hydrogens is 473 g/mol. The van der Waals surface area contributed by atoms with E-state index in [-0.39, 0.29) is 11.6 Å². The molecule has 10 heteroatoms. The third kappa shape index (κ3) is 4.95. The number of nitrogens with one attached hydrogen (secondary N) is 1. The number of hydrogen-bond acceptors (Lipinski definition) is 7. The van der Waals surface area contributed by atoms with Crippen molar-refractivity contribution in [3.63, 3.8) is 0 Å². The second kappa shape index (κ2) is 10.5. The van der Waals surface area contributed by atoms with E-state index in [0.29, 0.717) is 33.9 Å². The van der Waals surface area contributed by atoms with Crippen molar-refractivity contribution in [1.29, 1.82) is 5.26 Å². The second-order valence-corrected chi connectivity index (χ2v) is 9.30. The van der Waals surface area contributed by atoms with Crippen LogP contribution in [0.25, 0.3) is 17.1 Å². The first-order chi connectivity index (χ1) is 16.5. The van der Waals surface area contributed by atoms with E-state index in [1.54, 1.807) is 41.1 Å². The highest BCUT2D eigenvalue weighted by molar-refractivity contribution is 8.00. The van der Waals surface area contributed by atoms with E-state index in [4.69, 9.17) is 4.74 Å². The molecule has 2 heterocycles. The average Bonchev–Trinajstić information content (AvgIpc) is 3.47. The zero-order chi connectivity index (χ0) is 24.1. The molecule has 34 heavy (non-hydrogen) atoms. The van der Waals surface area contributed by atoms with Gasteiger partial charge in [-0.1, -0.05) is 23.9 Å². The summed E-state index contributed by atoms with van der Waals surface area (Å²) in [5.74, 6) is 0.419. The highest BCUT2D eigenvalue weighted by Crippen LogP contribution is 2.32. The van der Waals surface area contributed by atoms with E-state index >= 15 is 0 Å². The molecule has 0 bridgehead atoms. The summed E-state index contributed by atoms with van der Waals surface area (Å²) in [6, 6.07) is 17.3. The number of amides is 1. The zero-order valence-electron chi connectivity index (χ0n) is 18.4. The Morgan fingerprint density at radius 1 is 1.24 bits per heavy atom. The van der Waals surface area contributed by atoms with Crippen molar-refractivity contribution in [3.8, 4) is 28.9 Å². The first kappa shape index (κ1) is 23.5. The molecule has 1 atom stereocenters. The van der Waals surface area contributed by atoms with E-state index in [9.17, 15) is 14.4 Å². The lowest BCUT2D eigenvalue weighted by atomic mass is 10.2. The number of halogens is 1. The molecular formula is C24H20FN5O2S2. The Bertz CT molecular complexity index is 1340. The van der Waals surface area contributed by atoms with Gasteiger partial charge in [-0.2, -0.15) is 5.26 Å². The Hall–Kier alpha value is -3.68. The van der Waals surface area contributed by atoms with Gasteiger partial charge in [0.2, 0.25) is 5.91 Å². The molecule has 7 nitrogen and oxygen atoms in total. The standard InChI is InChI=1S/C24H20FN5O2S2/c1-3-32-18-10-8-16(9-11-18)21-28-29-24(30(21)20-7-5-4-6-19(20)25)34-15(2)22(31)27-23-17(14-26)12-13-33-23/h4-13,15H,3H2,1-2H3,(H,27,31). The molecule has 2 aromatic heterocycles. The normalized spacial score (nSPS) is 11.6. The Balaban J connectivity index is 1.66. The molecule has 4 aromatic rings. The number of anilines is 1. The maximum atomic E-state index is 14.8. The molecule has 0 aliphatic heterocycles. The minimum atomic E-state index is -0.587. The maximum absolute atomic E-state index is 14.8. The molecule has 0 aliphatic carbocycles. The predicted molar refractivity (Wildman–Crippen MR) is 131 cm³/mol. The van der Waals surface area contributed by atoms with E-state index in [2.05, 4.69) is 21.6 Å². The number of hydrogen-bond donors (Lipinski definition) is 1. The lowest BCUT2D eigenvalue weighted by molar-refractivity contribution is -0.115. The lowest BCUT2D eigenvalue weighted by Crippen LogP contribution is -2.22. The number of thioether (sulfide) groups is 1. The van der Waals surface area contributed by atoms with E-state index in [0.717, 1.165) is 17.3 Å². The molecule has 0 radical (unpaired) electrons. The van der Waals surface area contributed by atoms with Crippen molar-refractivity contribution in [2.24, 2.45) is 0 Å². The number of thiophene rings is 1. The Morgan fingerprint density at radius 3 is 2.71 bits per heavy atom. The minimum Gasteiger partial charge on any atom is -0.494 e. The van der Waals surface area contributed by atoms with Gasteiger partial charge in [0, 0.05) is 5.56 Å². The fourth-order valence-corrected chi connectivity index (χ4v) is 4.77. The van der Waals surface area contributed by atoms with Crippen LogP contribution in [0.2, 0.25) is 0 Å². The van der Waals surface area contributed by atoms with Crippen LogP contribution >= 0.6 is 23.1 Å². The van der Waals surface area contributed by atoms with Crippen molar-refractivity contribution < 1.29 is 13.9 Å². The first-order valence-electron chi connectivity index (χ1n) is 10.4. The molecule has 1 N–H and O–H groups in total. The predicted octanol–water partition coefficient (Wildman–Crippen LogP) is 5.52. The third-order valence-electron chi connectivity index (χ3n) is 4.82. The molecule has 1 unspecified atom stereocenters. The van der Waals surface area contributed by atoms with E-state index in [1.165, 1.54) is 17.4 Å². The highest BCUT2D eigenvalue weighted by atomic mass is 32.2. The third-order valence-corrected chi connectivity index (χ3v) is 6.70. The quantitative estimate of drug-likeness (QED) is 0.325. The van der Waals surface area contributed by atoms with Crippen LogP contribution in [0.1, 0.15) is 19.4 Å². The van der Waals surface area contributed by atoms with Gasteiger partial charge in [-0.15, -0.1) is 21.5 Å². The van der Waals surface area contributed by atoms with E-state index < -0.39 is 11.1 Å². The zero-order valence-corrected chi connectivity index (χ0v) is 20.0. The molecule has 0 spiro atoms. The van der Waals surface area contributed by atoms with Crippen LogP contribution in [-0.2, 0) is 4.79 Å². The maximum Gasteiger partial charge on any atom is 0.238 e. The van der Waals surface area contributed by atoms with Crippen molar-refractivity contribution in [2.75, 3.05) is 11.9 Å². The van der Waals surface area contributed by atoms with Crippen LogP contribution < -0.4 is 10.1 Å². The monoisotopic (exact) mass is 493 g/mol. The van der Waals surface area contributed by atoms with Gasteiger partial charge in [0.25, 0.3) is 0 Å². The lowest BCUT2D eigenvalue weighted by Gasteiger charge is -2.14. The molecule has 0 fully saturated rings. The van der Waals surface area contributed by atoms with Gasteiger partial charge in [-0.3, -0.25) is 9.36 Å². The average molecular weight is 494 g/mol. The summed E-state index contributed by atoms with van der Waals surface area (Å²) < 4.78 is 21.9. The smallest absolute Gasteiger partial charge is 0.238 e. The molecule has 2 aromatic carbocycles. The number of benzene rings is 2. The number of nitriles is 1. The minimum absolute atomic E-state index is 0.275. The fourth-order valence-electron chi connectivity index (χ4n) is 3.17. The van der Waals surface area contributed by atoms with Crippen LogP contribution in [0.3, 0.4) is 0 Å². The number of para-hydroxylation sites is 1. The van der Waals surface area contributed by atoms with Crippen LogP contribution in [-0.4, -0.2) is 32.5 Å². The summed E-state index contributed by atoms with van der Waals surface area (Å²) in [7, 11) is 0. The van der Waals surface area contributed by atoms with Crippen LogP contribution in [0, 0.1) is 17.1 Å². The molecule has 172 valence electrons. The van der Waals surface area contributed by atoms with Crippen molar-refractivity contribution >= 4 is 34.0 Å². The fraction of sp³-hybridized carbons (Fsp3) is 0.167. The van der Waals surface area contributed by atoms with Crippen molar-refractivity contribution in [1.82, 2.24) is 14.8 Å².